The van der Waals surface area contributed by atoms with Gasteiger partial charge < -0.3 is 4.90 Å². The van der Waals surface area contributed by atoms with Gasteiger partial charge in [-0.15, -0.1) is 0 Å². The SMILES string of the molecule is BrC1=CC=CC2=NC(c3ccccn3)CN12. The molecule has 0 aromatic carbocycles. The molecule has 3 heterocycles. The zero-order valence-electron chi connectivity index (χ0n) is 8.55. The van der Waals surface area contributed by atoms with Crippen molar-refractivity contribution >= 4 is 21.8 Å². The fourth-order valence-corrected chi connectivity index (χ4v) is 2.38. The molecular weight excluding hydrogens is 266 g/mol. The third kappa shape index (κ3) is 1.59. The highest BCUT2D eigenvalue weighted by atomic mass is 79.9. The van der Waals surface area contributed by atoms with Crippen molar-refractivity contribution in [3.8, 4) is 0 Å². The quantitative estimate of drug-likeness (QED) is 0.738. The highest BCUT2D eigenvalue weighted by molar-refractivity contribution is 9.11. The minimum Gasteiger partial charge on any atom is -0.318 e. The first kappa shape index (κ1) is 9.78. The molecule has 0 saturated heterocycles. The number of aromatic nitrogens is 1. The summed E-state index contributed by atoms with van der Waals surface area (Å²) in [4.78, 5) is 11.2. The zero-order valence-corrected chi connectivity index (χ0v) is 10.1. The van der Waals surface area contributed by atoms with E-state index in [1.807, 2.05) is 42.6 Å². The number of nitrogens with zero attached hydrogens (tertiary/aromatic N) is 3. The predicted octanol–water partition coefficient (Wildman–Crippen LogP) is 2.64. The highest BCUT2D eigenvalue weighted by Gasteiger charge is 2.28. The Hall–Kier alpha value is -1.42. The van der Waals surface area contributed by atoms with Crippen molar-refractivity contribution in [2.45, 2.75) is 6.04 Å². The predicted molar refractivity (Wildman–Crippen MR) is 67.3 cm³/mol. The Morgan fingerprint density at radius 2 is 2.31 bits per heavy atom. The van der Waals surface area contributed by atoms with E-state index < -0.39 is 0 Å². The molecule has 0 aliphatic carbocycles. The Morgan fingerprint density at radius 1 is 1.38 bits per heavy atom. The van der Waals surface area contributed by atoms with Crippen LogP contribution < -0.4 is 0 Å². The lowest BCUT2D eigenvalue weighted by Gasteiger charge is -2.20. The lowest BCUT2D eigenvalue weighted by Crippen LogP contribution is -2.25. The highest BCUT2D eigenvalue weighted by Crippen LogP contribution is 2.30. The minimum atomic E-state index is 0.139. The first-order chi connectivity index (χ1) is 7.84. The molecule has 0 spiro atoms. The molecule has 16 heavy (non-hydrogen) atoms. The van der Waals surface area contributed by atoms with E-state index in [4.69, 9.17) is 0 Å². The fourth-order valence-electron chi connectivity index (χ4n) is 1.90. The summed E-state index contributed by atoms with van der Waals surface area (Å²) in [6.07, 6.45) is 7.86. The smallest absolute Gasteiger partial charge is 0.129 e. The second-order valence-corrected chi connectivity index (χ2v) is 4.53. The van der Waals surface area contributed by atoms with Crippen LogP contribution in [-0.4, -0.2) is 22.3 Å². The van der Waals surface area contributed by atoms with Gasteiger partial charge >= 0.3 is 0 Å². The van der Waals surface area contributed by atoms with E-state index in [1.165, 1.54) is 0 Å². The molecule has 2 aliphatic rings. The van der Waals surface area contributed by atoms with Crippen LogP contribution in [-0.2, 0) is 0 Å². The van der Waals surface area contributed by atoms with Crippen LogP contribution in [0.15, 0.2) is 52.2 Å². The first-order valence-corrected chi connectivity index (χ1v) is 5.94. The van der Waals surface area contributed by atoms with E-state index in [0.29, 0.717) is 0 Å². The number of rotatable bonds is 1. The van der Waals surface area contributed by atoms with E-state index in [9.17, 15) is 0 Å². The molecule has 1 unspecified atom stereocenters. The van der Waals surface area contributed by atoms with E-state index >= 15 is 0 Å². The summed E-state index contributed by atoms with van der Waals surface area (Å²) in [5.41, 5.74) is 1.03. The van der Waals surface area contributed by atoms with Gasteiger partial charge in [-0.05, 0) is 40.2 Å². The van der Waals surface area contributed by atoms with Gasteiger partial charge in [-0.25, -0.2) is 0 Å². The molecule has 3 nitrogen and oxygen atoms in total. The minimum absolute atomic E-state index is 0.139. The lowest BCUT2D eigenvalue weighted by molar-refractivity contribution is 0.536. The third-order valence-electron chi connectivity index (χ3n) is 2.69. The normalized spacial score (nSPS) is 22.8. The van der Waals surface area contributed by atoms with Crippen molar-refractivity contribution in [1.82, 2.24) is 9.88 Å². The van der Waals surface area contributed by atoms with Crippen molar-refractivity contribution in [2.75, 3.05) is 6.54 Å². The number of pyridine rings is 1. The van der Waals surface area contributed by atoms with Gasteiger partial charge in [0.25, 0.3) is 0 Å². The maximum absolute atomic E-state index is 4.65. The van der Waals surface area contributed by atoms with Gasteiger partial charge in [0, 0.05) is 6.20 Å². The van der Waals surface area contributed by atoms with Crippen LogP contribution in [0, 0.1) is 0 Å². The summed E-state index contributed by atoms with van der Waals surface area (Å²) in [6.45, 7) is 0.855. The third-order valence-corrected chi connectivity index (χ3v) is 3.38. The van der Waals surface area contributed by atoms with Gasteiger partial charge in [0.15, 0.2) is 0 Å². The number of hydrogen-bond acceptors (Lipinski definition) is 3. The van der Waals surface area contributed by atoms with Crippen LogP contribution >= 0.6 is 15.9 Å². The summed E-state index contributed by atoms with van der Waals surface area (Å²) in [7, 11) is 0. The Labute approximate surface area is 102 Å². The summed E-state index contributed by atoms with van der Waals surface area (Å²) >= 11 is 3.53. The number of hydrogen-bond donors (Lipinski definition) is 0. The number of fused-ring (bicyclic) bond motifs is 1. The van der Waals surface area contributed by atoms with Crippen molar-refractivity contribution in [2.24, 2.45) is 4.99 Å². The van der Waals surface area contributed by atoms with Crippen LogP contribution in [0.2, 0.25) is 0 Å². The molecule has 80 valence electrons. The monoisotopic (exact) mass is 275 g/mol. The topological polar surface area (TPSA) is 28.5 Å². The first-order valence-electron chi connectivity index (χ1n) is 5.15. The van der Waals surface area contributed by atoms with Gasteiger partial charge in [0.05, 0.1) is 16.8 Å². The molecule has 3 rings (SSSR count). The molecule has 2 aliphatic heterocycles. The van der Waals surface area contributed by atoms with Crippen molar-refractivity contribution < 1.29 is 0 Å². The summed E-state index contributed by atoms with van der Waals surface area (Å²) < 4.78 is 1.06. The number of amidine groups is 1. The Kier molecular flexibility index (Phi) is 2.36. The van der Waals surface area contributed by atoms with Gasteiger partial charge in [-0.2, -0.15) is 0 Å². The molecule has 0 bridgehead atoms. The summed E-state index contributed by atoms with van der Waals surface area (Å²) in [5.74, 6) is 1.00. The fraction of sp³-hybridized carbons (Fsp3) is 0.167. The van der Waals surface area contributed by atoms with Crippen LogP contribution in [0.5, 0.6) is 0 Å². The van der Waals surface area contributed by atoms with Gasteiger partial charge in [0.1, 0.15) is 11.9 Å². The van der Waals surface area contributed by atoms with E-state index in [2.05, 4.69) is 30.8 Å². The molecule has 1 atom stereocenters. The number of halogens is 1. The maximum atomic E-state index is 4.65. The van der Waals surface area contributed by atoms with Crippen LogP contribution in [0.25, 0.3) is 0 Å². The zero-order chi connectivity index (χ0) is 11.0. The average molecular weight is 276 g/mol. The van der Waals surface area contributed by atoms with E-state index in [1.54, 1.807) is 0 Å². The van der Waals surface area contributed by atoms with E-state index in [-0.39, 0.29) is 6.04 Å². The maximum Gasteiger partial charge on any atom is 0.129 e. The van der Waals surface area contributed by atoms with Crippen LogP contribution in [0.4, 0.5) is 0 Å². The second kappa shape index (κ2) is 3.87. The summed E-state index contributed by atoms with van der Waals surface area (Å²) in [6, 6.07) is 6.09. The standard InChI is InChI=1S/C12H10BrN3/c13-11-5-3-6-12-15-10(8-16(11)12)9-4-1-2-7-14-9/h1-7,10H,8H2. The van der Waals surface area contributed by atoms with Crippen molar-refractivity contribution in [3.63, 3.8) is 0 Å². The number of aliphatic imine (C=N–C) groups is 1. The molecule has 0 radical (unpaired) electrons. The van der Waals surface area contributed by atoms with Crippen molar-refractivity contribution in [3.05, 3.63) is 52.9 Å². The molecule has 0 saturated carbocycles. The largest absolute Gasteiger partial charge is 0.318 e. The Morgan fingerprint density at radius 3 is 3.06 bits per heavy atom. The Balaban J connectivity index is 1.92. The molecule has 1 aromatic rings. The lowest BCUT2D eigenvalue weighted by atomic mass is 10.2. The van der Waals surface area contributed by atoms with Crippen LogP contribution in [0.1, 0.15) is 11.7 Å². The van der Waals surface area contributed by atoms with E-state index in [0.717, 1.165) is 22.7 Å². The molecule has 0 N–H and O–H groups in total. The van der Waals surface area contributed by atoms with Gasteiger partial charge in [-0.1, -0.05) is 12.1 Å². The number of allylic oxidation sites excluding steroid dienone is 2. The molecule has 4 heteroatoms. The molecule has 1 aromatic heterocycles. The van der Waals surface area contributed by atoms with Crippen LogP contribution in [0.3, 0.4) is 0 Å². The van der Waals surface area contributed by atoms with Gasteiger partial charge in [-0.3, -0.25) is 9.98 Å². The van der Waals surface area contributed by atoms with Crippen molar-refractivity contribution in [1.29, 1.82) is 0 Å². The molecular formula is C12H10BrN3. The van der Waals surface area contributed by atoms with Gasteiger partial charge in [0.2, 0.25) is 0 Å². The second-order valence-electron chi connectivity index (χ2n) is 3.72. The molecule has 0 amide bonds. The average Bonchev–Trinajstić information content (AvgIpc) is 2.76. The molecule has 0 fully saturated rings. The Bertz CT molecular complexity index is 490. The summed E-state index contributed by atoms with van der Waals surface area (Å²) in [5, 5.41) is 0.